The molecule has 3 atom stereocenters. The zero-order valence-corrected chi connectivity index (χ0v) is 18.4. The number of hydrogen-bond acceptors (Lipinski definition) is 6. The summed E-state index contributed by atoms with van der Waals surface area (Å²) in [5.41, 5.74) is 1.10. The minimum atomic E-state index is 0.0443. The van der Waals surface area contributed by atoms with Gasteiger partial charge >= 0.3 is 0 Å². The molecule has 158 valence electrons. The average molecular weight is 410 g/mol. The molecule has 2 fully saturated rings. The maximum atomic E-state index is 12.6. The topological polar surface area (TPSA) is 54.9 Å². The highest BCUT2D eigenvalue weighted by atomic mass is 32.1. The van der Waals surface area contributed by atoms with Crippen LogP contribution in [0, 0.1) is 5.92 Å². The molecule has 3 rings (SSSR count). The second-order valence-corrected chi connectivity index (χ2v) is 9.07. The third kappa shape index (κ3) is 5.99. The van der Waals surface area contributed by atoms with Gasteiger partial charge in [0.2, 0.25) is 5.91 Å². The number of aromatic nitrogens is 1. The summed E-state index contributed by atoms with van der Waals surface area (Å²) in [6.07, 6.45) is 6.14. The quantitative estimate of drug-likeness (QED) is 0.690. The van der Waals surface area contributed by atoms with Gasteiger partial charge in [-0.25, -0.2) is 4.98 Å². The highest BCUT2D eigenvalue weighted by molar-refractivity contribution is 7.09. The molecule has 1 saturated heterocycles. The molecule has 1 aromatic heterocycles. The molecule has 1 amide bonds. The Hall–Kier alpha value is -1.02. The zero-order valence-electron chi connectivity index (χ0n) is 17.6. The van der Waals surface area contributed by atoms with Crippen LogP contribution in [0.2, 0.25) is 0 Å². The van der Waals surface area contributed by atoms with E-state index in [1.807, 2.05) is 11.8 Å². The fraction of sp³-hybridized carbons (Fsp3) is 0.810. The molecule has 7 heteroatoms. The van der Waals surface area contributed by atoms with Crippen LogP contribution in [0.3, 0.4) is 0 Å². The SMILES string of the molecule is COC(C)c1nc(CN2CCCN(C(=O)COC3CCCCC3C)CC2)cs1. The second-order valence-electron chi connectivity index (χ2n) is 8.18. The van der Waals surface area contributed by atoms with Crippen LogP contribution in [0.15, 0.2) is 5.38 Å². The van der Waals surface area contributed by atoms with Crippen molar-refractivity contribution in [1.29, 1.82) is 0 Å². The first kappa shape index (κ1) is 21.7. The molecule has 1 aliphatic heterocycles. The lowest BCUT2D eigenvalue weighted by molar-refractivity contribution is -0.140. The minimum Gasteiger partial charge on any atom is -0.375 e. The van der Waals surface area contributed by atoms with Gasteiger partial charge in [0.25, 0.3) is 0 Å². The van der Waals surface area contributed by atoms with Gasteiger partial charge in [-0.05, 0) is 32.1 Å². The maximum absolute atomic E-state index is 12.6. The summed E-state index contributed by atoms with van der Waals surface area (Å²) in [7, 11) is 1.71. The fourth-order valence-corrected chi connectivity index (χ4v) is 4.93. The van der Waals surface area contributed by atoms with Crippen LogP contribution in [0.1, 0.15) is 62.8 Å². The molecule has 1 aliphatic carbocycles. The van der Waals surface area contributed by atoms with Crippen LogP contribution in [0.4, 0.5) is 0 Å². The van der Waals surface area contributed by atoms with Gasteiger partial charge in [-0.3, -0.25) is 9.69 Å². The number of rotatable bonds is 7. The summed E-state index contributed by atoms with van der Waals surface area (Å²) in [6, 6.07) is 0. The van der Waals surface area contributed by atoms with Gasteiger partial charge in [-0.15, -0.1) is 11.3 Å². The van der Waals surface area contributed by atoms with Crippen molar-refractivity contribution >= 4 is 17.2 Å². The van der Waals surface area contributed by atoms with E-state index >= 15 is 0 Å². The van der Waals surface area contributed by atoms with Crippen LogP contribution >= 0.6 is 11.3 Å². The summed E-state index contributed by atoms with van der Waals surface area (Å²) in [6.45, 7) is 8.82. The average Bonchev–Trinajstić information content (AvgIpc) is 3.04. The molecule has 0 radical (unpaired) electrons. The second kappa shape index (κ2) is 10.7. The first-order chi connectivity index (χ1) is 13.6. The fourth-order valence-electron chi connectivity index (χ4n) is 4.09. The highest BCUT2D eigenvalue weighted by Gasteiger charge is 2.25. The Balaban J connectivity index is 1.43. The summed E-state index contributed by atoms with van der Waals surface area (Å²) in [5.74, 6) is 0.717. The van der Waals surface area contributed by atoms with Gasteiger partial charge in [0.05, 0.1) is 11.8 Å². The van der Waals surface area contributed by atoms with E-state index in [0.717, 1.165) is 56.3 Å². The van der Waals surface area contributed by atoms with Gasteiger partial charge in [0.1, 0.15) is 17.7 Å². The van der Waals surface area contributed by atoms with E-state index in [-0.39, 0.29) is 24.7 Å². The molecule has 0 aromatic carbocycles. The monoisotopic (exact) mass is 409 g/mol. The van der Waals surface area contributed by atoms with Gasteiger partial charge in [-0.1, -0.05) is 19.8 Å². The molecule has 6 nitrogen and oxygen atoms in total. The zero-order chi connectivity index (χ0) is 19.9. The van der Waals surface area contributed by atoms with Crippen LogP contribution < -0.4 is 0 Å². The van der Waals surface area contributed by atoms with E-state index in [2.05, 4.69) is 17.2 Å². The van der Waals surface area contributed by atoms with Crippen molar-refractivity contribution in [2.24, 2.45) is 5.92 Å². The lowest BCUT2D eigenvalue weighted by atomic mass is 9.88. The predicted octanol–water partition coefficient (Wildman–Crippen LogP) is 3.48. The van der Waals surface area contributed by atoms with Crippen molar-refractivity contribution in [2.75, 3.05) is 39.9 Å². The Morgan fingerprint density at radius 3 is 2.86 bits per heavy atom. The minimum absolute atomic E-state index is 0.0443. The molecule has 0 N–H and O–H groups in total. The van der Waals surface area contributed by atoms with Gasteiger partial charge in [0.15, 0.2) is 0 Å². The van der Waals surface area contributed by atoms with Gasteiger partial charge in [0, 0.05) is 45.2 Å². The van der Waals surface area contributed by atoms with Gasteiger partial charge in [-0.2, -0.15) is 0 Å². The Bertz CT molecular complexity index is 624. The van der Waals surface area contributed by atoms with E-state index in [1.165, 1.54) is 19.3 Å². The normalized spacial score (nSPS) is 25.5. The predicted molar refractivity (Wildman–Crippen MR) is 111 cm³/mol. The van der Waals surface area contributed by atoms with Crippen LogP contribution in [0.5, 0.6) is 0 Å². The Kier molecular flexibility index (Phi) is 8.26. The number of ether oxygens (including phenoxy) is 2. The summed E-state index contributed by atoms with van der Waals surface area (Å²) in [5, 5.41) is 3.15. The van der Waals surface area contributed by atoms with E-state index < -0.39 is 0 Å². The lowest BCUT2D eigenvalue weighted by Crippen LogP contribution is -2.39. The van der Waals surface area contributed by atoms with E-state index in [1.54, 1.807) is 18.4 Å². The standard InChI is InChI=1S/C21H35N3O3S/c1-16-7-4-5-8-19(16)27-14-20(25)24-10-6-9-23(11-12-24)13-18-15-28-21(22-18)17(2)26-3/h15-17,19H,4-14H2,1-3H3. The number of hydrogen-bond donors (Lipinski definition) is 0. The number of carbonyl (C=O) groups excluding carboxylic acids is 1. The van der Waals surface area contributed by atoms with Crippen molar-refractivity contribution in [2.45, 2.75) is 64.7 Å². The smallest absolute Gasteiger partial charge is 0.248 e. The molecule has 3 unspecified atom stereocenters. The third-order valence-electron chi connectivity index (χ3n) is 6.05. The number of nitrogens with zero attached hydrogens (tertiary/aromatic N) is 3. The molecule has 2 aliphatic rings. The van der Waals surface area contributed by atoms with Crippen molar-refractivity contribution in [3.8, 4) is 0 Å². The molecular weight excluding hydrogens is 374 g/mol. The number of amides is 1. The Morgan fingerprint density at radius 2 is 2.07 bits per heavy atom. The molecule has 0 bridgehead atoms. The first-order valence-corrected chi connectivity index (χ1v) is 11.5. The molecule has 0 spiro atoms. The molecule has 2 heterocycles. The number of methoxy groups -OCH3 is 1. The number of thiazole rings is 1. The van der Waals surface area contributed by atoms with Crippen molar-refractivity contribution in [3.05, 3.63) is 16.1 Å². The lowest BCUT2D eigenvalue weighted by Gasteiger charge is -2.29. The van der Waals surface area contributed by atoms with Crippen LogP contribution in [0.25, 0.3) is 0 Å². The molecular formula is C21H35N3O3S. The number of carbonyl (C=O) groups is 1. The van der Waals surface area contributed by atoms with Crippen molar-refractivity contribution in [3.63, 3.8) is 0 Å². The molecule has 28 heavy (non-hydrogen) atoms. The summed E-state index contributed by atoms with van der Waals surface area (Å²) in [4.78, 5) is 21.7. The van der Waals surface area contributed by atoms with Crippen LogP contribution in [-0.2, 0) is 20.8 Å². The van der Waals surface area contributed by atoms with E-state index in [0.29, 0.717) is 5.92 Å². The largest absolute Gasteiger partial charge is 0.375 e. The summed E-state index contributed by atoms with van der Waals surface area (Å²) >= 11 is 1.66. The first-order valence-electron chi connectivity index (χ1n) is 10.7. The highest BCUT2D eigenvalue weighted by Crippen LogP contribution is 2.26. The molecule has 1 aromatic rings. The van der Waals surface area contributed by atoms with E-state index in [9.17, 15) is 4.79 Å². The Labute approximate surface area is 173 Å². The van der Waals surface area contributed by atoms with Crippen molar-refractivity contribution in [1.82, 2.24) is 14.8 Å². The summed E-state index contributed by atoms with van der Waals surface area (Å²) < 4.78 is 11.3. The third-order valence-corrected chi connectivity index (χ3v) is 7.11. The molecule has 1 saturated carbocycles. The maximum Gasteiger partial charge on any atom is 0.248 e. The Morgan fingerprint density at radius 1 is 1.25 bits per heavy atom. The van der Waals surface area contributed by atoms with Gasteiger partial charge < -0.3 is 14.4 Å². The van der Waals surface area contributed by atoms with Crippen LogP contribution in [-0.4, -0.2) is 66.7 Å². The van der Waals surface area contributed by atoms with E-state index in [4.69, 9.17) is 14.5 Å². The van der Waals surface area contributed by atoms with Crippen molar-refractivity contribution < 1.29 is 14.3 Å².